The van der Waals surface area contributed by atoms with E-state index >= 15 is 0 Å². The lowest BCUT2D eigenvalue weighted by atomic mass is 10.1. The summed E-state index contributed by atoms with van der Waals surface area (Å²) in [7, 11) is -4.33. The molecule has 0 aliphatic rings. The molecule has 0 rings (SSSR count). The lowest BCUT2D eigenvalue weighted by Gasteiger charge is -2.21. The van der Waals surface area contributed by atoms with Crippen LogP contribution >= 0.6 is 0 Å². The fraction of sp³-hybridized carbons (Fsp3) is 0.679. The van der Waals surface area contributed by atoms with Crippen molar-refractivity contribution in [2.45, 2.75) is 116 Å². The Balaban J connectivity index is 4.22. The Morgan fingerprint density at radius 2 is 1.37 bits per heavy atom. The quantitative estimate of drug-likeness (QED) is 0.0881. The number of carbonyl (C=O) groups excluding carboxylic acids is 1. The van der Waals surface area contributed by atoms with Gasteiger partial charge in [-0.1, -0.05) is 94.6 Å². The summed E-state index contributed by atoms with van der Waals surface area (Å²) in [6.45, 7) is 4.28. The van der Waals surface area contributed by atoms with Crippen molar-refractivity contribution in [3.05, 3.63) is 48.6 Å². The molecule has 202 valence electrons. The van der Waals surface area contributed by atoms with Gasteiger partial charge in [-0.25, -0.2) is 0 Å². The third-order valence-corrected chi connectivity index (χ3v) is 6.29. The highest BCUT2D eigenvalue weighted by Crippen LogP contribution is 2.09. The highest BCUT2D eigenvalue weighted by molar-refractivity contribution is 7.85. The zero-order chi connectivity index (χ0) is 26.2. The lowest BCUT2D eigenvalue weighted by molar-refractivity contribution is -0.122. The van der Waals surface area contributed by atoms with Gasteiger partial charge in [0.05, 0.1) is 17.9 Å². The number of rotatable bonds is 22. The molecule has 0 spiro atoms. The first kappa shape index (κ1) is 33.3. The van der Waals surface area contributed by atoms with Crippen LogP contribution in [0.25, 0.3) is 0 Å². The van der Waals surface area contributed by atoms with Crippen LogP contribution in [0.1, 0.15) is 104 Å². The zero-order valence-electron chi connectivity index (χ0n) is 21.9. The van der Waals surface area contributed by atoms with Gasteiger partial charge in [-0.2, -0.15) is 8.42 Å². The van der Waals surface area contributed by atoms with E-state index in [2.05, 4.69) is 55.6 Å². The van der Waals surface area contributed by atoms with E-state index in [-0.39, 0.29) is 12.3 Å². The van der Waals surface area contributed by atoms with Crippen molar-refractivity contribution in [1.82, 2.24) is 5.32 Å². The van der Waals surface area contributed by atoms with Crippen LogP contribution in [0.2, 0.25) is 0 Å². The Labute approximate surface area is 214 Å². The third kappa shape index (κ3) is 23.8. The number of hydrogen-bond donors (Lipinski definition) is 3. The minimum Gasteiger partial charge on any atom is -0.387 e. The predicted molar refractivity (Wildman–Crippen MR) is 147 cm³/mol. The second-order valence-electron chi connectivity index (χ2n) is 8.94. The van der Waals surface area contributed by atoms with Crippen LogP contribution < -0.4 is 5.32 Å². The Morgan fingerprint density at radius 1 is 0.800 bits per heavy atom. The summed E-state index contributed by atoms with van der Waals surface area (Å²) in [5.74, 6) is -1.03. The molecule has 0 radical (unpaired) electrons. The number of allylic oxidation sites excluding steroid dienone is 7. The van der Waals surface area contributed by atoms with Gasteiger partial charge in [0.15, 0.2) is 0 Å². The highest BCUT2D eigenvalue weighted by atomic mass is 32.2. The van der Waals surface area contributed by atoms with Gasteiger partial charge in [0, 0.05) is 6.42 Å². The number of amides is 1. The predicted octanol–water partition coefficient (Wildman–Crippen LogP) is 6.45. The molecule has 0 aliphatic heterocycles. The summed E-state index contributed by atoms with van der Waals surface area (Å²) in [6.07, 6.45) is 28.3. The van der Waals surface area contributed by atoms with Gasteiger partial charge in [0.25, 0.3) is 10.1 Å². The molecule has 0 heterocycles. The van der Waals surface area contributed by atoms with Crippen molar-refractivity contribution in [1.29, 1.82) is 0 Å². The maximum Gasteiger partial charge on any atom is 0.267 e. The minimum absolute atomic E-state index is 0.258. The fourth-order valence-electron chi connectivity index (χ4n) is 3.52. The van der Waals surface area contributed by atoms with Gasteiger partial charge >= 0.3 is 0 Å². The van der Waals surface area contributed by atoms with Crippen molar-refractivity contribution >= 4 is 16.0 Å². The van der Waals surface area contributed by atoms with Gasteiger partial charge in [-0.3, -0.25) is 9.35 Å². The SMILES string of the molecule is CC/C=C\C/C=C\C/C=C\CCCCCC(=O)NC(CS(=O)(=O)O)C(O)/C=C/CCCCCCC. The monoisotopic (exact) mass is 511 g/mol. The molecule has 6 nitrogen and oxygen atoms in total. The van der Waals surface area contributed by atoms with E-state index in [9.17, 15) is 22.9 Å². The first-order valence-electron chi connectivity index (χ1n) is 13.3. The highest BCUT2D eigenvalue weighted by Gasteiger charge is 2.24. The molecule has 0 aliphatic carbocycles. The summed E-state index contributed by atoms with van der Waals surface area (Å²) >= 11 is 0. The number of aliphatic hydroxyl groups is 1. The van der Waals surface area contributed by atoms with Gasteiger partial charge in [0.1, 0.15) is 0 Å². The van der Waals surface area contributed by atoms with Crippen LogP contribution in [-0.2, 0) is 14.9 Å². The van der Waals surface area contributed by atoms with Crippen LogP contribution in [0.3, 0.4) is 0 Å². The minimum atomic E-state index is -4.33. The molecular formula is C28H49NO5S. The maximum absolute atomic E-state index is 12.3. The van der Waals surface area contributed by atoms with Gasteiger partial charge < -0.3 is 10.4 Å². The largest absolute Gasteiger partial charge is 0.387 e. The van der Waals surface area contributed by atoms with E-state index in [4.69, 9.17) is 0 Å². The van der Waals surface area contributed by atoms with Crippen LogP contribution in [-0.4, -0.2) is 41.9 Å². The van der Waals surface area contributed by atoms with E-state index in [1.165, 1.54) is 25.3 Å². The summed E-state index contributed by atoms with van der Waals surface area (Å²) in [5, 5.41) is 12.9. The van der Waals surface area contributed by atoms with E-state index in [1.807, 2.05) is 6.08 Å². The summed E-state index contributed by atoms with van der Waals surface area (Å²) < 4.78 is 31.9. The van der Waals surface area contributed by atoms with Crippen molar-refractivity contribution in [2.75, 3.05) is 5.75 Å². The summed E-state index contributed by atoms with van der Waals surface area (Å²) in [6, 6.07) is -1.07. The first-order valence-corrected chi connectivity index (χ1v) is 14.9. The fourth-order valence-corrected chi connectivity index (χ4v) is 4.25. The normalized spacial score (nSPS) is 14.5. The average molecular weight is 512 g/mol. The molecule has 2 unspecified atom stereocenters. The lowest BCUT2D eigenvalue weighted by Crippen LogP contribution is -2.46. The van der Waals surface area contributed by atoms with Crippen molar-refractivity contribution in [3.8, 4) is 0 Å². The summed E-state index contributed by atoms with van der Waals surface area (Å²) in [5.41, 5.74) is 0. The molecule has 0 fully saturated rings. The molecule has 7 heteroatoms. The molecule has 3 N–H and O–H groups in total. The first-order chi connectivity index (χ1) is 16.8. The topological polar surface area (TPSA) is 104 Å². The summed E-state index contributed by atoms with van der Waals surface area (Å²) in [4.78, 5) is 12.3. The van der Waals surface area contributed by atoms with Crippen LogP contribution in [0.5, 0.6) is 0 Å². The van der Waals surface area contributed by atoms with E-state index < -0.39 is 28.0 Å². The molecule has 2 atom stereocenters. The number of carbonyl (C=O) groups is 1. The molecule has 0 aromatic heterocycles. The number of aliphatic hydroxyl groups excluding tert-OH is 1. The van der Waals surface area contributed by atoms with Gasteiger partial charge in [0.2, 0.25) is 5.91 Å². The van der Waals surface area contributed by atoms with Crippen molar-refractivity contribution < 1.29 is 22.9 Å². The van der Waals surface area contributed by atoms with E-state index in [0.717, 1.165) is 57.8 Å². The molecule has 1 amide bonds. The zero-order valence-corrected chi connectivity index (χ0v) is 22.7. The Hall–Kier alpha value is -1.70. The molecule has 0 aromatic carbocycles. The number of unbranched alkanes of at least 4 members (excludes halogenated alkanes) is 8. The average Bonchev–Trinajstić information content (AvgIpc) is 2.80. The van der Waals surface area contributed by atoms with E-state index in [0.29, 0.717) is 6.42 Å². The van der Waals surface area contributed by atoms with Gasteiger partial charge in [-0.05, 0) is 51.4 Å². The number of nitrogens with one attached hydrogen (secondary N) is 1. The van der Waals surface area contributed by atoms with Crippen LogP contribution in [0.4, 0.5) is 0 Å². The van der Waals surface area contributed by atoms with Crippen molar-refractivity contribution in [2.24, 2.45) is 0 Å². The van der Waals surface area contributed by atoms with E-state index in [1.54, 1.807) is 0 Å². The maximum atomic E-state index is 12.3. The molecule has 0 saturated heterocycles. The van der Waals surface area contributed by atoms with Crippen LogP contribution in [0.15, 0.2) is 48.6 Å². The molecule has 0 saturated carbocycles. The molecule has 0 aromatic rings. The van der Waals surface area contributed by atoms with Crippen molar-refractivity contribution in [3.63, 3.8) is 0 Å². The Bertz CT molecular complexity index is 740. The molecular weight excluding hydrogens is 462 g/mol. The Kier molecular flexibility index (Phi) is 21.6. The molecule has 0 bridgehead atoms. The standard InChI is InChI=1S/C28H49NO5S/c1-3-5-7-9-11-12-13-14-15-16-18-20-22-24-28(31)29-26(25-35(32,33)34)27(30)23-21-19-17-10-8-6-4-2/h5,7,11-12,14-15,21,23,26-27,30H,3-4,6,8-10,13,16-20,22,24-25H2,1-2H3,(H,29,31)(H,32,33,34)/b7-5-,12-11-,15-14-,23-21+. The molecule has 35 heavy (non-hydrogen) atoms. The Morgan fingerprint density at radius 3 is 2.00 bits per heavy atom. The van der Waals surface area contributed by atoms with Gasteiger partial charge in [-0.15, -0.1) is 0 Å². The van der Waals surface area contributed by atoms with Crippen LogP contribution in [0, 0.1) is 0 Å². The second kappa shape index (κ2) is 22.7. The number of hydrogen-bond acceptors (Lipinski definition) is 4. The smallest absolute Gasteiger partial charge is 0.267 e. The second-order valence-corrected chi connectivity index (χ2v) is 10.4. The third-order valence-electron chi connectivity index (χ3n) is 5.51.